The number of halogens is 1. The largest absolute Gasteiger partial charge is 0.366 e. The molecule has 3 saturated heterocycles. The molecule has 3 heterocycles. The lowest BCUT2D eigenvalue weighted by Gasteiger charge is -2.31. The number of alkyl halides is 1. The second-order valence-electron chi connectivity index (χ2n) is 10.3. The Labute approximate surface area is 198 Å². The first-order valence-corrected chi connectivity index (χ1v) is 13.3. The van der Waals surface area contributed by atoms with E-state index in [2.05, 4.69) is 26.0 Å². The highest BCUT2D eigenvalue weighted by Crippen LogP contribution is 2.47. The van der Waals surface area contributed by atoms with Crippen molar-refractivity contribution in [2.24, 2.45) is 17.8 Å². The number of rotatable bonds is 10. The van der Waals surface area contributed by atoms with Gasteiger partial charge in [-0.3, -0.25) is 0 Å². The van der Waals surface area contributed by atoms with Gasteiger partial charge < -0.3 is 28.8 Å². The van der Waals surface area contributed by atoms with Crippen LogP contribution in [0.1, 0.15) is 78.1 Å². The molecule has 4 rings (SSSR count). The molecule has 0 aromatic heterocycles. The molecule has 4 aliphatic rings. The van der Waals surface area contributed by atoms with Crippen molar-refractivity contribution >= 4 is 0 Å². The monoisotopic (exact) mass is 470 g/mol. The van der Waals surface area contributed by atoms with Crippen LogP contribution in [0.15, 0.2) is 12.2 Å². The van der Waals surface area contributed by atoms with Crippen molar-refractivity contribution in [2.45, 2.75) is 121 Å². The summed E-state index contributed by atoms with van der Waals surface area (Å²) in [6.07, 6.45) is 10.4. The van der Waals surface area contributed by atoms with E-state index in [1.165, 1.54) is 0 Å². The molecule has 1 saturated carbocycles. The minimum Gasteiger partial charge on any atom is -0.366 e. The van der Waals surface area contributed by atoms with E-state index >= 15 is 0 Å². The Balaban J connectivity index is 1.48. The van der Waals surface area contributed by atoms with Gasteiger partial charge in [-0.2, -0.15) is 0 Å². The van der Waals surface area contributed by atoms with E-state index in [9.17, 15) is 9.50 Å². The SMILES string of the molecule is CCCCC(C)C(/C=C/[C@H]1[C@H]2[C@@H](C[C@@H]1OC1CCCCO1)OC(O)[C@@H]2F)OC1CCCCO1. The van der Waals surface area contributed by atoms with Gasteiger partial charge >= 0.3 is 0 Å². The molecule has 5 unspecified atom stereocenters. The van der Waals surface area contributed by atoms with Crippen LogP contribution >= 0.6 is 0 Å². The lowest BCUT2D eigenvalue weighted by Crippen LogP contribution is -2.35. The molecule has 0 radical (unpaired) electrons. The van der Waals surface area contributed by atoms with E-state index in [-0.39, 0.29) is 36.8 Å². The highest BCUT2D eigenvalue weighted by molar-refractivity contribution is 5.10. The molecule has 1 aliphatic carbocycles. The molecule has 0 aromatic carbocycles. The smallest absolute Gasteiger partial charge is 0.186 e. The molecule has 0 amide bonds. The Morgan fingerprint density at radius 3 is 2.48 bits per heavy atom. The van der Waals surface area contributed by atoms with Crippen LogP contribution < -0.4 is 0 Å². The Hall–Kier alpha value is -0.570. The van der Waals surface area contributed by atoms with Crippen LogP contribution in [0.3, 0.4) is 0 Å². The van der Waals surface area contributed by atoms with Gasteiger partial charge in [-0.05, 0) is 50.9 Å². The molecule has 190 valence electrons. The van der Waals surface area contributed by atoms with Crippen molar-refractivity contribution in [3.05, 3.63) is 12.2 Å². The van der Waals surface area contributed by atoms with Crippen molar-refractivity contribution in [1.82, 2.24) is 0 Å². The minimum absolute atomic E-state index is 0.101. The standard InChI is InChI=1S/C26H43FO6/c1-3-4-9-17(2)19(31-22-10-5-7-14-29-22)13-12-18-20(32-23-11-6-8-15-30-23)16-21-24(18)25(27)26(28)33-21/h12-13,17-26,28H,3-11,14-16H2,1-2H3/b13-12+/t17?,18-,19?,20+,21-,22?,23?,24+,25-,26?/m1/s1. The molecule has 10 atom stereocenters. The number of hydrogen-bond donors (Lipinski definition) is 1. The van der Waals surface area contributed by atoms with Gasteiger partial charge in [0.2, 0.25) is 0 Å². The predicted molar refractivity (Wildman–Crippen MR) is 122 cm³/mol. The highest BCUT2D eigenvalue weighted by atomic mass is 19.1. The topological polar surface area (TPSA) is 66.4 Å². The summed E-state index contributed by atoms with van der Waals surface area (Å²) in [5.41, 5.74) is 0. The van der Waals surface area contributed by atoms with Crippen molar-refractivity contribution in [3.8, 4) is 0 Å². The van der Waals surface area contributed by atoms with Crippen LogP contribution in [0.2, 0.25) is 0 Å². The zero-order valence-corrected chi connectivity index (χ0v) is 20.3. The highest BCUT2D eigenvalue weighted by Gasteiger charge is 2.55. The third kappa shape index (κ3) is 6.56. The summed E-state index contributed by atoms with van der Waals surface area (Å²) in [7, 11) is 0. The number of aliphatic hydroxyl groups excluding tert-OH is 1. The van der Waals surface area contributed by atoms with E-state index in [1.807, 2.05) is 0 Å². The number of unbranched alkanes of at least 4 members (excludes halogenated alkanes) is 1. The number of hydrogen-bond acceptors (Lipinski definition) is 6. The Morgan fingerprint density at radius 1 is 1.09 bits per heavy atom. The van der Waals surface area contributed by atoms with Gasteiger partial charge in [0, 0.05) is 31.5 Å². The molecule has 0 bridgehead atoms. The second-order valence-corrected chi connectivity index (χ2v) is 10.3. The van der Waals surface area contributed by atoms with Crippen molar-refractivity contribution < 1.29 is 33.2 Å². The van der Waals surface area contributed by atoms with Crippen LogP contribution in [0.5, 0.6) is 0 Å². The Kier molecular flexibility index (Phi) is 9.60. The van der Waals surface area contributed by atoms with Crippen LogP contribution in [-0.4, -0.2) is 61.7 Å². The summed E-state index contributed by atoms with van der Waals surface area (Å²) in [4.78, 5) is 0. The molecule has 6 nitrogen and oxygen atoms in total. The number of aliphatic hydroxyl groups is 1. The molecule has 0 aromatic rings. The molecular weight excluding hydrogens is 427 g/mol. The van der Waals surface area contributed by atoms with Crippen LogP contribution in [0.4, 0.5) is 4.39 Å². The third-order valence-electron chi connectivity index (χ3n) is 7.73. The van der Waals surface area contributed by atoms with Gasteiger partial charge in [-0.25, -0.2) is 4.39 Å². The van der Waals surface area contributed by atoms with Crippen molar-refractivity contribution in [1.29, 1.82) is 0 Å². The fourth-order valence-corrected chi connectivity index (χ4v) is 5.75. The fraction of sp³-hybridized carbons (Fsp3) is 0.923. The first-order valence-electron chi connectivity index (χ1n) is 13.3. The van der Waals surface area contributed by atoms with Gasteiger partial charge in [0.25, 0.3) is 0 Å². The van der Waals surface area contributed by atoms with Gasteiger partial charge in [-0.1, -0.05) is 38.8 Å². The van der Waals surface area contributed by atoms with E-state index in [0.29, 0.717) is 18.9 Å². The minimum atomic E-state index is -1.41. The Morgan fingerprint density at radius 2 is 1.82 bits per heavy atom. The first kappa shape index (κ1) is 25.5. The Bertz CT molecular complexity index is 606. The summed E-state index contributed by atoms with van der Waals surface area (Å²) in [6, 6.07) is 0. The van der Waals surface area contributed by atoms with E-state index < -0.39 is 18.4 Å². The third-order valence-corrected chi connectivity index (χ3v) is 7.73. The zero-order valence-electron chi connectivity index (χ0n) is 20.3. The average Bonchev–Trinajstić information content (AvgIpc) is 3.30. The number of fused-ring (bicyclic) bond motifs is 1. The maximum Gasteiger partial charge on any atom is 0.186 e. The molecule has 1 N–H and O–H groups in total. The zero-order chi connectivity index (χ0) is 23.2. The molecule has 3 aliphatic heterocycles. The second kappa shape index (κ2) is 12.4. The van der Waals surface area contributed by atoms with Crippen LogP contribution in [-0.2, 0) is 23.7 Å². The summed E-state index contributed by atoms with van der Waals surface area (Å²) in [6.45, 7) is 5.86. The van der Waals surface area contributed by atoms with Gasteiger partial charge in [0.05, 0.1) is 18.3 Å². The lowest BCUT2D eigenvalue weighted by atomic mass is 9.88. The molecule has 0 spiro atoms. The van der Waals surface area contributed by atoms with Crippen LogP contribution in [0.25, 0.3) is 0 Å². The average molecular weight is 471 g/mol. The van der Waals surface area contributed by atoms with Crippen molar-refractivity contribution in [2.75, 3.05) is 13.2 Å². The maximum atomic E-state index is 14.9. The van der Waals surface area contributed by atoms with Crippen molar-refractivity contribution in [3.63, 3.8) is 0 Å². The normalized spacial score (nSPS) is 41.3. The van der Waals surface area contributed by atoms with E-state index in [1.54, 1.807) is 0 Å². The fourth-order valence-electron chi connectivity index (χ4n) is 5.75. The van der Waals surface area contributed by atoms with Gasteiger partial charge in [0.15, 0.2) is 25.0 Å². The predicted octanol–water partition coefficient (Wildman–Crippen LogP) is 4.88. The van der Waals surface area contributed by atoms with Gasteiger partial charge in [-0.15, -0.1) is 0 Å². The quantitative estimate of drug-likeness (QED) is 0.459. The van der Waals surface area contributed by atoms with Crippen LogP contribution in [0, 0.1) is 17.8 Å². The van der Waals surface area contributed by atoms with Gasteiger partial charge in [0.1, 0.15) is 0 Å². The number of ether oxygens (including phenoxy) is 5. The molecule has 33 heavy (non-hydrogen) atoms. The maximum absolute atomic E-state index is 14.9. The summed E-state index contributed by atoms with van der Waals surface area (Å²) in [5, 5.41) is 9.98. The first-order chi connectivity index (χ1) is 16.1. The lowest BCUT2D eigenvalue weighted by molar-refractivity contribution is -0.199. The van der Waals surface area contributed by atoms with E-state index in [4.69, 9.17) is 23.7 Å². The summed E-state index contributed by atoms with van der Waals surface area (Å²) in [5.74, 6) is -0.275. The molecule has 4 fully saturated rings. The molecule has 7 heteroatoms. The van der Waals surface area contributed by atoms with E-state index in [0.717, 1.165) is 64.4 Å². The molecular formula is C26H43FO6. The summed E-state index contributed by atoms with van der Waals surface area (Å²) < 4.78 is 44.9. The summed E-state index contributed by atoms with van der Waals surface area (Å²) >= 11 is 0.